The van der Waals surface area contributed by atoms with Crippen molar-refractivity contribution in [3.8, 4) is 0 Å². The zero-order valence-corrected chi connectivity index (χ0v) is 24.4. The molecule has 2 aliphatic rings. The number of carbonyl (C=O) groups is 3. The van der Waals surface area contributed by atoms with E-state index in [0.29, 0.717) is 18.1 Å². The lowest BCUT2D eigenvalue weighted by Gasteiger charge is -2.16. The molecule has 0 bridgehead atoms. The SMILES string of the molecule is O=C(CCCC[C@@H]1SC[C@@H]2NC(=O)N[C@@H]21)NCCCCCCCCCCCC(=O)OC[C@@H](O)COP(=O)(O)O. The minimum Gasteiger partial charge on any atom is -0.463 e. The van der Waals surface area contributed by atoms with Crippen molar-refractivity contribution in [2.75, 3.05) is 25.5 Å². The average Bonchev–Trinajstić information content (AvgIpc) is 3.43. The Hall–Kier alpha value is -1.37. The second-order valence-electron chi connectivity index (χ2n) is 10.3. The normalized spacial score (nSPS) is 21.2. The largest absolute Gasteiger partial charge is 0.469 e. The van der Waals surface area contributed by atoms with Gasteiger partial charge in [-0.3, -0.25) is 14.1 Å². The summed E-state index contributed by atoms with van der Waals surface area (Å²) in [6.45, 7) is -0.234. The van der Waals surface area contributed by atoms with E-state index in [2.05, 4.69) is 20.5 Å². The molecule has 2 heterocycles. The van der Waals surface area contributed by atoms with Crippen LogP contribution in [0, 0.1) is 0 Å². The first-order valence-electron chi connectivity index (χ1n) is 14.1. The quantitative estimate of drug-likeness (QED) is 0.0471. The molecule has 2 aliphatic heterocycles. The second-order valence-corrected chi connectivity index (χ2v) is 12.8. The first kappa shape index (κ1) is 33.8. The third kappa shape index (κ3) is 15.9. The number of unbranched alkanes of at least 4 members (excludes halogenated alkanes) is 9. The standard InChI is InChI=1S/C25H46N3O9PS/c29-19(17-37-38(33,34)35)16-36-23(31)14-8-6-4-2-1-3-5-7-11-15-26-22(30)13-10-9-12-21-24-20(18-39-21)27-25(32)28-24/h19-21,24,29H,1-18H2,(H,26,30)(H2,27,28,32)(H2,33,34,35)/t19-,20+,21+,24+/m1/s1. The van der Waals surface area contributed by atoms with Gasteiger partial charge in [-0.05, 0) is 25.7 Å². The first-order chi connectivity index (χ1) is 18.6. The summed E-state index contributed by atoms with van der Waals surface area (Å²) in [5.41, 5.74) is 0. The highest BCUT2D eigenvalue weighted by Crippen LogP contribution is 2.35. The topological polar surface area (TPSA) is 184 Å². The van der Waals surface area contributed by atoms with Crippen molar-refractivity contribution in [1.29, 1.82) is 0 Å². The van der Waals surface area contributed by atoms with Gasteiger partial charge in [-0.15, -0.1) is 0 Å². The molecule has 2 fully saturated rings. The number of rotatable bonds is 22. The van der Waals surface area contributed by atoms with Gasteiger partial charge in [0.2, 0.25) is 5.91 Å². The van der Waals surface area contributed by atoms with Crippen LogP contribution < -0.4 is 16.0 Å². The molecule has 0 spiro atoms. The predicted octanol–water partition coefficient (Wildman–Crippen LogP) is 2.74. The van der Waals surface area contributed by atoms with Crippen LogP contribution in [0.4, 0.5) is 4.79 Å². The Morgan fingerprint density at radius 2 is 1.59 bits per heavy atom. The number of amides is 3. The van der Waals surface area contributed by atoms with Crippen LogP contribution in [-0.4, -0.2) is 81.7 Å². The molecule has 0 aliphatic carbocycles. The van der Waals surface area contributed by atoms with E-state index in [4.69, 9.17) is 14.5 Å². The highest BCUT2D eigenvalue weighted by molar-refractivity contribution is 8.00. The number of phosphoric acid groups is 1. The summed E-state index contributed by atoms with van der Waals surface area (Å²) in [7, 11) is -4.65. The number of thioether (sulfide) groups is 1. The fourth-order valence-electron chi connectivity index (χ4n) is 4.71. The maximum atomic E-state index is 12.0. The summed E-state index contributed by atoms with van der Waals surface area (Å²) < 4.78 is 19.6. The molecule has 6 N–H and O–H groups in total. The highest BCUT2D eigenvalue weighted by Gasteiger charge is 2.42. The van der Waals surface area contributed by atoms with Gasteiger partial charge in [0.05, 0.1) is 18.7 Å². The lowest BCUT2D eigenvalue weighted by atomic mass is 10.0. The van der Waals surface area contributed by atoms with Crippen LogP contribution in [0.2, 0.25) is 0 Å². The third-order valence-corrected chi connectivity index (χ3v) is 8.83. The summed E-state index contributed by atoms with van der Waals surface area (Å²) >= 11 is 1.91. The predicted molar refractivity (Wildman–Crippen MR) is 148 cm³/mol. The van der Waals surface area contributed by atoms with Gasteiger partial charge in [0.15, 0.2) is 0 Å². The molecule has 2 rings (SSSR count). The number of phosphoric ester groups is 1. The molecule has 226 valence electrons. The fraction of sp³-hybridized carbons (Fsp3) is 0.880. The molecule has 4 atom stereocenters. The van der Waals surface area contributed by atoms with Gasteiger partial charge in [-0.25, -0.2) is 9.36 Å². The number of aliphatic hydroxyl groups is 1. The molecular weight excluding hydrogens is 549 g/mol. The average molecular weight is 596 g/mol. The number of carbonyl (C=O) groups excluding carboxylic acids is 3. The molecule has 14 heteroatoms. The Balaban J connectivity index is 1.29. The van der Waals surface area contributed by atoms with Gasteiger partial charge in [0.25, 0.3) is 0 Å². The molecule has 0 saturated carbocycles. The van der Waals surface area contributed by atoms with Crippen LogP contribution in [0.5, 0.6) is 0 Å². The zero-order chi connectivity index (χ0) is 28.5. The smallest absolute Gasteiger partial charge is 0.463 e. The van der Waals surface area contributed by atoms with Crippen molar-refractivity contribution in [2.45, 2.75) is 113 Å². The van der Waals surface area contributed by atoms with Crippen molar-refractivity contribution in [3.05, 3.63) is 0 Å². The maximum absolute atomic E-state index is 12.0. The van der Waals surface area contributed by atoms with Crippen molar-refractivity contribution < 1.29 is 43.1 Å². The Labute approximate surface area is 235 Å². The van der Waals surface area contributed by atoms with Crippen LogP contribution in [-0.2, 0) is 23.4 Å². The maximum Gasteiger partial charge on any atom is 0.469 e. The summed E-state index contributed by atoms with van der Waals surface area (Å²) in [4.78, 5) is 52.2. The van der Waals surface area contributed by atoms with Crippen LogP contribution >= 0.6 is 19.6 Å². The van der Waals surface area contributed by atoms with E-state index >= 15 is 0 Å². The number of fused-ring (bicyclic) bond motifs is 1. The molecule has 0 aromatic rings. The van der Waals surface area contributed by atoms with Crippen LogP contribution in [0.1, 0.15) is 89.9 Å². The lowest BCUT2D eigenvalue weighted by molar-refractivity contribution is -0.147. The number of hydrogen-bond acceptors (Lipinski definition) is 8. The molecule has 0 unspecified atom stereocenters. The molecule has 12 nitrogen and oxygen atoms in total. The molecule has 39 heavy (non-hydrogen) atoms. The van der Waals surface area contributed by atoms with Crippen molar-refractivity contribution >= 4 is 37.5 Å². The summed E-state index contributed by atoms with van der Waals surface area (Å²) in [6.07, 6.45) is 11.7. The molecule has 0 aromatic carbocycles. The Morgan fingerprint density at radius 3 is 2.28 bits per heavy atom. The number of urea groups is 1. The molecule has 0 aromatic heterocycles. The van der Waals surface area contributed by atoms with Crippen molar-refractivity contribution in [2.24, 2.45) is 0 Å². The highest BCUT2D eigenvalue weighted by atomic mass is 32.2. The fourth-order valence-corrected chi connectivity index (χ4v) is 6.62. The number of aliphatic hydroxyl groups excluding tert-OH is 1. The lowest BCUT2D eigenvalue weighted by Crippen LogP contribution is -2.36. The Morgan fingerprint density at radius 1 is 0.949 bits per heavy atom. The monoisotopic (exact) mass is 595 g/mol. The van der Waals surface area contributed by atoms with Gasteiger partial charge in [0.1, 0.15) is 12.7 Å². The van der Waals surface area contributed by atoms with Crippen LogP contribution in [0.3, 0.4) is 0 Å². The van der Waals surface area contributed by atoms with E-state index in [1.54, 1.807) is 0 Å². The van der Waals surface area contributed by atoms with E-state index in [1.165, 1.54) is 0 Å². The van der Waals surface area contributed by atoms with Gasteiger partial charge >= 0.3 is 19.8 Å². The van der Waals surface area contributed by atoms with Crippen molar-refractivity contribution in [1.82, 2.24) is 16.0 Å². The van der Waals surface area contributed by atoms with Gasteiger partial charge < -0.3 is 35.6 Å². The summed E-state index contributed by atoms with van der Waals surface area (Å²) in [5, 5.41) is 18.9. The van der Waals surface area contributed by atoms with E-state index in [-0.39, 0.29) is 37.0 Å². The third-order valence-electron chi connectivity index (χ3n) is 6.83. The summed E-state index contributed by atoms with van der Waals surface area (Å²) in [5.74, 6) is 0.640. The minimum absolute atomic E-state index is 0.0579. The number of esters is 1. The van der Waals surface area contributed by atoms with E-state index in [9.17, 15) is 24.1 Å². The van der Waals surface area contributed by atoms with E-state index < -0.39 is 26.5 Å². The zero-order valence-electron chi connectivity index (χ0n) is 22.7. The van der Waals surface area contributed by atoms with Crippen LogP contribution in [0.25, 0.3) is 0 Å². The Kier molecular flexibility index (Phi) is 16.4. The summed E-state index contributed by atoms with van der Waals surface area (Å²) in [6, 6.07) is 0.426. The van der Waals surface area contributed by atoms with Gasteiger partial charge in [0, 0.05) is 30.4 Å². The number of ether oxygens (including phenoxy) is 1. The first-order valence-corrected chi connectivity index (χ1v) is 16.7. The molecule has 3 amide bonds. The second kappa shape index (κ2) is 18.9. The van der Waals surface area contributed by atoms with Gasteiger partial charge in [-0.2, -0.15) is 11.8 Å². The minimum atomic E-state index is -4.65. The molecule has 2 saturated heterocycles. The number of nitrogens with one attached hydrogen (secondary N) is 3. The van der Waals surface area contributed by atoms with Crippen molar-refractivity contribution in [3.63, 3.8) is 0 Å². The number of hydrogen-bond donors (Lipinski definition) is 6. The molecule has 0 radical (unpaired) electrons. The van der Waals surface area contributed by atoms with Crippen LogP contribution in [0.15, 0.2) is 0 Å². The van der Waals surface area contributed by atoms with E-state index in [1.807, 2.05) is 11.8 Å². The Bertz CT molecular complexity index is 801. The van der Waals surface area contributed by atoms with Gasteiger partial charge in [-0.1, -0.05) is 51.4 Å². The molecular formula is C25H46N3O9PS. The van der Waals surface area contributed by atoms with E-state index in [0.717, 1.165) is 82.9 Å².